The third-order valence-corrected chi connectivity index (χ3v) is 6.89. The lowest BCUT2D eigenvalue weighted by Gasteiger charge is -2.31. The van der Waals surface area contributed by atoms with Crippen LogP contribution in [0.2, 0.25) is 0 Å². The normalized spacial score (nSPS) is 16.8. The first-order chi connectivity index (χ1) is 15.5. The molecule has 0 spiro atoms. The lowest BCUT2D eigenvalue weighted by atomic mass is 9.78. The Labute approximate surface area is 187 Å². The fourth-order valence-corrected chi connectivity index (χ4v) is 5.05. The molecule has 0 atom stereocenters. The number of carbonyl (C=O) groups excluding carboxylic acids is 1. The van der Waals surface area contributed by atoms with Crippen LogP contribution in [0.5, 0.6) is 11.5 Å². The Morgan fingerprint density at radius 3 is 2.62 bits per heavy atom. The van der Waals surface area contributed by atoms with Crippen LogP contribution in [0.25, 0.3) is 11.3 Å². The second-order valence-corrected chi connectivity index (χ2v) is 8.86. The number of aromatic amines is 1. The predicted molar refractivity (Wildman–Crippen MR) is 120 cm³/mol. The summed E-state index contributed by atoms with van der Waals surface area (Å²) < 4.78 is 13.3. The van der Waals surface area contributed by atoms with Crippen molar-refractivity contribution >= 4 is 5.91 Å². The molecule has 5 rings (SSSR count). The van der Waals surface area contributed by atoms with Gasteiger partial charge in [-0.25, -0.2) is 0 Å². The van der Waals surface area contributed by atoms with Crippen molar-refractivity contribution in [3.05, 3.63) is 46.9 Å². The van der Waals surface area contributed by atoms with Crippen LogP contribution in [-0.2, 0) is 12.5 Å². The number of hydrogen-bond donors (Lipinski definition) is 2. The maximum atomic E-state index is 13.0. The number of hydrogen-bond acceptors (Lipinski definition) is 5. The van der Waals surface area contributed by atoms with Gasteiger partial charge in [0.05, 0.1) is 11.4 Å². The smallest absolute Gasteiger partial charge is 0.269 e. The van der Waals surface area contributed by atoms with Crippen molar-refractivity contribution in [1.29, 1.82) is 0 Å². The SMILES string of the molecule is Cc1nn(C)c(C)c1-c1cc(C(=O)NCC2(c3ccc4c(c3)OCCO4)CCCC2)[nH]n1. The highest BCUT2D eigenvalue weighted by Crippen LogP contribution is 2.44. The summed E-state index contributed by atoms with van der Waals surface area (Å²) in [4.78, 5) is 13.0. The highest BCUT2D eigenvalue weighted by molar-refractivity contribution is 5.93. The van der Waals surface area contributed by atoms with Gasteiger partial charge in [-0.3, -0.25) is 14.6 Å². The van der Waals surface area contributed by atoms with Gasteiger partial charge < -0.3 is 14.8 Å². The molecule has 0 saturated heterocycles. The zero-order valence-electron chi connectivity index (χ0n) is 18.8. The van der Waals surface area contributed by atoms with E-state index >= 15 is 0 Å². The standard InChI is InChI=1S/C24H29N5O3/c1-15-22(16(2)29(3)28-15)18-13-19(27-26-18)23(30)25-14-24(8-4-5-9-24)17-6-7-20-21(12-17)32-11-10-31-20/h6-7,12-13H,4-5,8-11,14H2,1-3H3,(H,25,30)(H,26,27). The van der Waals surface area contributed by atoms with E-state index in [2.05, 4.69) is 32.7 Å². The monoisotopic (exact) mass is 435 g/mol. The van der Waals surface area contributed by atoms with Crippen molar-refractivity contribution in [3.8, 4) is 22.8 Å². The summed E-state index contributed by atoms with van der Waals surface area (Å²) in [5, 5.41) is 14.9. The van der Waals surface area contributed by atoms with Crippen LogP contribution in [0, 0.1) is 13.8 Å². The van der Waals surface area contributed by atoms with E-state index in [1.807, 2.05) is 31.6 Å². The molecule has 2 aliphatic rings. The first-order valence-electron chi connectivity index (χ1n) is 11.2. The average molecular weight is 436 g/mol. The van der Waals surface area contributed by atoms with Gasteiger partial charge in [0, 0.05) is 30.3 Å². The second-order valence-electron chi connectivity index (χ2n) is 8.86. The molecular formula is C24H29N5O3. The summed E-state index contributed by atoms with van der Waals surface area (Å²) in [5.74, 6) is 1.45. The number of nitrogens with one attached hydrogen (secondary N) is 2. The number of fused-ring (bicyclic) bond motifs is 1. The number of benzene rings is 1. The molecule has 3 heterocycles. The Kier molecular flexibility index (Phi) is 5.15. The van der Waals surface area contributed by atoms with Crippen molar-refractivity contribution in [2.75, 3.05) is 19.8 Å². The summed E-state index contributed by atoms with van der Waals surface area (Å²) in [6, 6.07) is 8.00. The summed E-state index contributed by atoms with van der Waals surface area (Å²) >= 11 is 0. The molecule has 8 nitrogen and oxygen atoms in total. The van der Waals surface area contributed by atoms with E-state index in [4.69, 9.17) is 9.47 Å². The predicted octanol–water partition coefficient (Wildman–Crippen LogP) is 3.44. The number of amides is 1. The van der Waals surface area contributed by atoms with Crippen LogP contribution >= 0.6 is 0 Å². The van der Waals surface area contributed by atoms with Gasteiger partial charge >= 0.3 is 0 Å². The summed E-state index contributed by atoms with van der Waals surface area (Å²) in [6.45, 7) is 5.68. The topological polar surface area (TPSA) is 94.1 Å². The number of ether oxygens (including phenoxy) is 2. The molecule has 0 bridgehead atoms. The molecule has 168 valence electrons. The molecule has 0 unspecified atom stereocenters. The third kappa shape index (κ3) is 3.53. The number of nitrogens with zero attached hydrogens (tertiary/aromatic N) is 3. The van der Waals surface area contributed by atoms with Gasteiger partial charge in [0.1, 0.15) is 18.9 Å². The maximum absolute atomic E-state index is 13.0. The summed E-state index contributed by atoms with van der Waals surface area (Å²) in [7, 11) is 1.91. The van der Waals surface area contributed by atoms with Gasteiger partial charge in [-0.15, -0.1) is 0 Å². The first-order valence-corrected chi connectivity index (χ1v) is 11.2. The van der Waals surface area contributed by atoms with Crippen molar-refractivity contribution in [3.63, 3.8) is 0 Å². The van der Waals surface area contributed by atoms with E-state index in [1.54, 1.807) is 6.07 Å². The number of H-pyrrole nitrogens is 1. The molecule has 1 saturated carbocycles. The average Bonchev–Trinajstić information content (AvgIpc) is 3.52. The van der Waals surface area contributed by atoms with Crippen LogP contribution in [0.15, 0.2) is 24.3 Å². The van der Waals surface area contributed by atoms with Crippen molar-refractivity contribution < 1.29 is 14.3 Å². The highest BCUT2D eigenvalue weighted by Gasteiger charge is 2.37. The molecule has 1 aromatic carbocycles. The van der Waals surface area contributed by atoms with E-state index in [0.717, 1.165) is 59.8 Å². The van der Waals surface area contributed by atoms with Crippen LogP contribution in [0.3, 0.4) is 0 Å². The van der Waals surface area contributed by atoms with Crippen LogP contribution in [0.4, 0.5) is 0 Å². The minimum atomic E-state index is -0.147. The Bertz CT molecular complexity index is 1160. The lowest BCUT2D eigenvalue weighted by molar-refractivity contribution is 0.0938. The van der Waals surface area contributed by atoms with Gasteiger partial charge in [0.2, 0.25) is 0 Å². The number of carbonyl (C=O) groups is 1. The van der Waals surface area contributed by atoms with E-state index in [-0.39, 0.29) is 11.3 Å². The van der Waals surface area contributed by atoms with Crippen LogP contribution < -0.4 is 14.8 Å². The van der Waals surface area contributed by atoms with Gasteiger partial charge in [-0.1, -0.05) is 18.9 Å². The second kappa shape index (κ2) is 8.00. The minimum Gasteiger partial charge on any atom is -0.486 e. The molecule has 1 aliphatic carbocycles. The quantitative estimate of drug-likeness (QED) is 0.640. The molecule has 32 heavy (non-hydrogen) atoms. The molecule has 2 aromatic heterocycles. The van der Waals surface area contributed by atoms with Crippen LogP contribution in [-0.4, -0.2) is 45.6 Å². The fourth-order valence-electron chi connectivity index (χ4n) is 5.05. The molecule has 2 N–H and O–H groups in total. The van der Waals surface area contributed by atoms with Crippen molar-refractivity contribution in [2.24, 2.45) is 7.05 Å². The Hall–Kier alpha value is -3.29. The Morgan fingerprint density at radius 1 is 1.16 bits per heavy atom. The molecule has 1 amide bonds. The van der Waals surface area contributed by atoms with E-state index in [1.165, 1.54) is 5.56 Å². The summed E-state index contributed by atoms with van der Waals surface area (Å²) in [5.41, 5.74) is 5.18. The van der Waals surface area contributed by atoms with E-state index in [0.29, 0.717) is 25.5 Å². The van der Waals surface area contributed by atoms with Gasteiger partial charge in [-0.2, -0.15) is 10.2 Å². The molecule has 8 heteroatoms. The van der Waals surface area contributed by atoms with Crippen molar-refractivity contribution in [2.45, 2.75) is 44.9 Å². The third-order valence-electron chi connectivity index (χ3n) is 6.89. The Morgan fingerprint density at radius 2 is 1.91 bits per heavy atom. The van der Waals surface area contributed by atoms with Crippen molar-refractivity contribution in [1.82, 2.24) is 25.3 Å². The molecule has 3 aromatic rings. The van der Waals surface area contributed by atoms with E-state index in [9.17, 15) is 4.79 Å². The molecule has 0 radical (unpaired) electrons. The largest absolute Gasteiger partial charge is 0.486 e. The van der Waals surface area contributed by atoms with Gasteiger partial charge in [0.25, 0.3) is 5.91 Å². The highest BCUT2D eigenvalue weighted by atomic mass is 16.6. The first kappa shape index (κ1) is 20.6. The zero-order valence-corrected chi connectivity index (χ0v) is 18.8. The fraction of sp³-hybridized carbons (Fsp3) is 0.458. The van der Waals surface area contributed by atoms with Crippen LogP contribution in [0.1, 0.15) is 53.1 Å². The number of aryl methyl sites for hydroxylation is 2. The zero-order chi connectivity index (χ0) is 22.3. The van der Waals surface area contributed by atoms with Gasteiger partial charge in [-0.05, 0) is 50.5 Å². The van der Waals surface area contributed by atoms with Gasteiger partial charge in [0.15, 0.2) is 11.5 Å². The summed E-state index contributed by atoms with van der Waals surface area (Å²) in [6.07, 6.45) is 4.38. The number of rotatable bonds is 5. The molecule has 1 fully saturated rings. The molecule has 1 aliphatic heterocycles. The lowest BCUT2D eigenvalue weighted by Crippen LogP contribution is -2.39. The number of aromatic nitrogens is 4. The Balaban J connectivity index is 1.34. The minimum absolute atomic E-state index is 0.0924. The molecular weight excluding hydrogens is 406 g/mol. The van der Waals surface area contributed by atoms with E-state index < -0.39 is 0 Å². The maximum Gasteiger partial charge on any atom is 0.269 e.